The lowest BCUT2D eigenvalue weighted by Gasteiger charge is -2.11. The van der Waals surface area contributed by atoms with Crippen LogP contribution in [0.25, 0.3) is 5.57 Å². The van der Waals surface area contributed by atoms with Crippen molar-refractivity contribution in [3.63, 3.8) is 0 Å². The molecular weight excluding hydrogens is 434 g/mol. The van der Waals surface area contributed by atoms with E-state index in [2.05, 4.69) is 23.1 Å². The van der Waals surface area contributed by atoms with E-state index in [9.17, 15) is 13.2 Å². The zero-order chi connectivity index (χ0) is 23.6. The average Bonchev–Trinajstić information content (AvgIpc) is 3.12. The van der Waals surface area contributed by atoms with Gasteiger partial charge in [-0.15, -0.1) is 0 Å². The zero-order valence-corrected chi connectivity index (χ0v) is 18.7. The van der Waals surface area contributed by atoms with Crippen LogP contribution in [0.5, 0.6) is 0 Å². The number of carboxylic acids is 1. The van der Waals surface area contributed by atoms with Crippen LogP contribution in [0.4, 0.5) is 5.69 Å². The fourth-order valence-corrected chi connectivity index (χ4v) is 4.87. The minimum atomic E-state index is -3.83. The van der Waals surface area contributed by atoms with Crippen LogP contribution in [0.1, 0.15) is 39.5 Å². The molecule has 2 N–H and O–H groups in total. The van der Waals surface area contributed by atoms with Crippen molar-refractivity contribution in [3.05, 3.63) is 113 Å². The molecule has 0 spiro atoms. The van der Waals surface area contributed by atoms with Gasteiger partial charge >= 0.3 is 5.97 Å². The van der Waals surface area contributed by atoms with Gasteiger partial charge in [0.1, 0.15) is 0 Å². The number of benzene rings is 3. The molecule has 0 atom stereocenters. The van der Waals surface area contributed by atoms with Crippen molar-refractivity contribution in [3.8, 4) is 11.8 Å². The SMILES string of the molecule is C=C1Cc2cc(S(=O)(=O)Nc3ccccc3C#Cc3ccc(C(=O)O)cc3)ccc2/C1=C/C. The zero-order valence-electron chi connectivity index (χ0n) is 17.9. The molecule has 0 saturated carbocycles. The summed E-state index contributed by atoms with van der Waals surface area (Å²) in [6.45, 7) is 6.02. The molecule has 6 heteroatoms. The average molecular weight is 456 g/mol. The molecule has 0 fully saturated rings. The molecule has 164 valence electrons. The Morgan fingerprint density at radius 2 is 1.79 bits per heavy atom. The Balaban J connectivity index is 1.62. The number of sulfonamides is 1. The molecular formula is C27H21NO4S. The highest BCUT2D eigenvalue weighted by Crippen LogP contribution is 2.37. The van der Waals surface area contributed by atoms with E-state index in [-0.39, 0.29) is 10.5 Å². The number of carbonyl (C=O) groups is 1. The monoisotopic (exact) mass is 455 g/mol. The summed E-state index contributed by atoms with van der Waals surface area (Å²) in [6.07, 6.45) is 2.62. The van der Waals surface area contributed by atoms with Crippen molar-refractivity contribution >= 4 is 27.3 Å². The molecule has 3 aromatic carbocycles. The minimum Gasteiger partial charge on any atom is -0.478 e. The third-order valence-corrected chi connectivity index (χ3v) is 6.76. The highest BCUT2D eigenvalue weighted by molar-refractivity contribution is 7.92. The Bertz CT molecular complexity index is 1470. The fourth-order valence-electron chi connectivity index (χ4n) is 3.74. The maximum atomic E-state index is 13.1. The quantitative estimate of drug-likeness (QED) is 0.536. The fraction of sp³-hybridized carbons (Fsp3) is 0.0741. The lowest BCUT2D eigenvalue weighted by atomic mass is 10.1. The summed E-state index contributed by atoms with van der Waals surface area (Å²) in [5.74, 6) is 4.91. The summed E-state index contributed by atoms with van der Waals surface area (Å²) in [6, 6.07) is 18.2. The number of hydrogen-bond acceptors (Lipinski definition) is 3. The van der Waals surface area contributed by atoms with Crippen molar-refractivity contribution in [2.75, 3.05) is 4.72 Å². The molecule has 1 aliphatic carbocycles. The van der Waals surface area contributed by atoms with Crippen LogP contribution in [0.2, 0.25) is 0 Å². The second-order valence-corrected chi connectivity index (χ2v) is 9.27. The Labute approximate surface area is 193 Å². The number of nitrogens with one attached hydrogen (secondary N) is 1. The van der Waals surface area contributed by atoms with E-state index < -0.39 is 16.0 Å². The van der Waals surface area contributed by atoms with E-state index in [0.717, 1.165) is 22.3 Å². The molecule has 0 aliphatic heterocycles. The van der Waals surface area contributed by atoms with Gasteiger partial charge in [0.15, 0.2) is 0 Å². The number of rotatable bonds is 4. The maximum Gasteiger partial charge on any atom is 0.335 e. The van der Waals surface area contributed by atoms with Gasteiger partial charge in [0, 0.05) is 11.1 Å². The van der Waals surface area contributed by atoms with E-state index in [4.69, 9.17) is 5.11 Å². The van der Waals surface area contributed by atoms with Gasteiger partial charge in [0.2, 0.25) is 0 Å². The molecule has 0 saturated heterocycles. The van der Waals surface area contributed by atoms with Gasteiger partial charge in [-0.2, -0.15) is 0 Å². The molecule has 0 aromatic heterocycles. The first-order chi connectivity index (χ1) is 15.8. The maximum absolute atomic E-state index is 13.1. The highest BCUT2D eigenvalue weighted by Gasteiger charge is 2.23. The molecule has 0 unspecified atom stereocenters. The third kappa shape index (κ3) is 4.59. The number of para-hydroxylation sites is 1. The molecule has 0 bridgehead atoms. The van der Waals surface area contributed by atoms with Crippen LogP contribution in [-0.2, 0) is 16.4 Å². The summed E-state index contributed by atoms with van der Waals surface area (Å²) in [5, 5.41) is 9.00. The lowest BCUT2D eigenvalue weighted by molar-refractivity contribution is 0.0697. The molecule has 5 nitrogen and oxygen atoms in total. The van der Waals surface area contributed by atoms with Crippen LogP contribution < -0.4 is 4.72 Å². The summed E-state index contributed by atoms with van der Waals surface area (Å²) >= 11 is 0. The number of allylic oxidation sites excluding steroid dienone is 3. The molecule has 0 radical (unpaired) electrons. The molecule has 0 amide bonds. The molecule has 0 heterocycles. The Hall–Kier alpha value is -4.08. The number of hydrogen-bond donors (Lipinski definition) is 2. The van der Waals surface area contributed by atoms with E-state index in [1.807, 2.05) is 19.1 Å². The molecule has 1 aliphatic rings. The summed E-state index contributed by atoms with van der Waals surface area (Å²) in [7, 11) is -3.83. The molecule has 4 rings (SSSR count). The highest BCUT2D eigenvalue weighted by atomic mass is 32.2. The molecule has 33 heavy (non-hydrogen) atoms. The van der Waals surface area contributed by atoms with Gasteiger partial charge in [-0.05, 0) is 84.1 Å². The van der Waals surface area contributed by atoms with Crippen molar-refractivity contribution < 1.29 is 18.3 Å². The van der Waals surface area contributed by atoms with Crippen LogP contribution in [0, 0.1) is 11.8 Å². The van der Waals surface area contributed by atoms with Gasteiger partial charge in [0.25, 0.3) is 10.0 Å². The van der Waals surface area contributed by atoms with E-state index in [1.165, 1.54) is 12.1 Å². The van der Waals surface area contributed by atoms with Crippen molar-refractivity contribution in [2.24, 2.45) is 0 Å². The van der Waals surface area contributed by atoms with Gasteiger partial charge in [-0.1, -0.05) is 42.7 Å². The Kier molecular flexibility index (Phi) is 5.91. The van der Waals surface area contributed by atoms with Crippen molar-refractivity contribution in [2.45, 2.75) is 18.2 Å². The summed E-state index contributed by atoms with van der Waals surface area (Å²) < 4.78 is 28.9. The second kappa shape index (κ2) is 8.81. The first kappa shape index (κ1) is 22.1. The van der Waals surface area contributed by atoms with Crippen molar-refractivity contribution in [1.29, 1.82) is 0 Å². The molecule has 3 aromatic rings. The minimum absolute atomic E-state index is 0.174. The Morgan fingerprint density at radius 1 is 1.06 bits per heavy atom. The van der Waals surface area contributed by atoms with Crippen LogP contribution >= 0.6 is 0 Å². The number of aromatic carboxylic acids is 1. The predicted octanol–water partition coefficient (Wildman–Crippen LogP) is 5.10. The summed E-state index contributed by atoms with van der Waals surface area (Å²) in [4.78, 5) is 11.2. The summed E-state index contributed by atoms with van der Waals surface area (Å²) in [5.41, 5.74) is 5.66. The van der Waals surface area contributed by atoms with Crippen LogP contribution in [0.15, 0.2) is 89.9 Å². The van der Waals surface area contributed by atoms with E-state index in [1.54, 1.807) is 48.5 Å². The standard InChI is InChI=1S/C27H21NO4S/c1-3-24-18(2)16-22-17-23(14-15-25(22)24)33(31,32)28-26-7-5-4-6-20(26)11-8-19-9-12-21(13-10-19)27(29)30/h3-7,9-10,12-15,17,28H,2,16H2,1H3,(H,29,30)/b24-3+. The number of anilines is 1. The number of carboxylic acid groups (broad SMARTS) is 1. The first-order valence-corrected chi connectivity index (χ1v) is 11.7. The van der Waals surface area contributed by atoms with E-state index in [0.29, 0.717) is 23.2 Å². The van der Waals surface area contributed by atoms with E-state index >= 15 is 0 Å². The number of fused-ring (bicyclic) bond motifs is 1. The van der Waals surface area contributed by atoms with Gasteiger partial charge in [0.05, 0.1) is 16.1 Å². The third-order valence-electron chi connectivity index (χ3n) is 5.40. The predicted molar refractivity (Wildman–Crippen MR) is 130 cm³/mol. The van der Waals surface area contributed by atoms with Crippen LogP contribution in [0.3, 0.4) is 0 Å². The van der Waals surface area contributed by atoms with Gasteiger partial charge in [-0.3, -0.25) is 4.72 Å². The smallest absolute Gasteiger partial charge is 0.335 e. The van der Waals surface area contributed by atoms with Crippen LogP contribution in [-0.4, -0.2) is 19.5 Å². The Morgan fingerprint density at radius 3 is 2.48 bits per heavy atom. The topological polar surface area (TPSA) is 83.5 Å². The first-order valence-electron chi connectivity index (χ1n) is 10.2. The second-order valence-electron chi connectivity index (χ2n) is 7.59. The lowest BCUT2D eigenvalue weighted by Crippen LogP contribution is -2.14. The van der Waals surface area contributed by atoms with Gasteiger partial charge < -0.3 is 5.11 Å². The van der Waals surface area contributed by atoms with Gasteiger partial charge in [-0.25, -0.2) is 13.2 Å². The van der Waals surface area contributed by atoms with Crippen molar-refractivity contribution in [1.82, 2.24) is 0 Å². The largest absolute Gasteiger partial charge is 0.478 e. The normalized spacial score (nSPS) is 13.8.